The van der Waals surface area contributed by atoms with E-state index in [2.05, 4.69) is 66.9 Å². The zero-order chi connectivity index (χ0) is 19.8. The largest absolute Gasteiger partial charge is 0.509 e. The van der Waals surface area contributed by atoms with Crippen LogP contribution in [-0.4, -0.2) is 19.5 Å². The standard InChI is InChI=1S/C22H38O2Si/c1-17(2)21(24-25(9,10)22(6,7)8)15-14-18(3)12-11-13-19(4)16-20(5)23/h11-13,16,21,23H,1,5,14-15H2,2-4,6-10H3/b13-11?,18-12+,19-16?. The Balaban J connectivity index is 4.82. The van der Waals surface area contributed by atoms with Gasteiger partial charge in [0.2, 0.25) is 0 Å². The molecule has 0 aromatic heterocycles. The minimum absolute atomic E-state index is 0.0786. The molecule has 3 heteroatoms. The molecule has 0 aromatic rings. The van der Waals surface area contributed by atoms with E-state index >= 15 is 0 Å². The number of hydrogen-bond acceptors (Lipinski definition) is 2. The zero-order valence-electron chi connectivity index (χ0n) is 17.6. The average Bonchev–Trinajstić information content (AvgIpc) is 2.40. The predicted octanol–water partition coefficient (Wildman–Crippen LogP) is 7.25. The Hall–Kier alpha value is -1.32. The van der Waals surface area contributed by atoms with Crippen molar-refractivity contribution >= 4 is 8.32 Å². The lowest BCUT2D eigenvalue weighted by molar-refractivity contribution is 0.204. The molecule has 0 radical (unpaired) electrons. The molecule has 0 aliphatic carbocycles. The smallest absolute Gasteiger partial charge is 0.192 e. The Morgan fingerprint density at radius 2 is 1.72 bits per heavy atom. The van der Waals surface area contributed by atoms with Crippen LogP contribution in [0.15, 0.2) is 59.9 Å². The van der Waals surface area contributed by atoms with E-state index in [4.69, 9.17) is 9.53 Å². The summed E-state index contributed by atoms with van der Waals surface area (Å²) in [6.07, 6.45) is 9.78. The van der Waals surface area contributed by atoms with E-state index < -0.39 is 8.32 Å². The molecule has 0 aromatic carbocycles. The van der Waals surface area contributed by atoms with Crippen LogP contribution in [0, 0.1) is 0 Å². The van der Waals surface area contributed by atoms with Gasteiger partial charge in [-0.05, 0) is 63.4 Å². The highest BCUT2D eigenvalue weighted by molar-refractivity contribution is 6.74. The number of hydrogen-bond donors (Lipinski definition) is 1. The monoisotopic (exact) mass is 362 g/mol. The summed E-state index contributed by atoms with van der Waals surface area (Å²) in [6.45, 7) is 25.1. The van der Waals surface area contributed by atoms with Crippen LogP contribution in [0.1, 0.15) is 54.4 Å². The van der Waals surface area contributed by atoms with Gasteiger partial charge in [-0.15, -0.1) is 0 Å². The van der Waals surface area contributed by atoms with Crippen LogP contribution in [0.3, 0.4) is 0 Å². The molecular weight excluding hydrogens is 324 g/mol. The van der Waals surface area contributed by atoms with E-state index in [-0.39, 0.29) is 16.9 Å². The van der Waals surface area contributed by atoms with Crippen molar-refractivity contribution < 1.29 is 9.53 Å². The molecule has 1 N–H and O–H groups in total. The minimum atomic E-state index is -1.79. The molecule has 0 bridgehead atoms. The molecular formula is C22H38O2Si. The van der Waals surface area contributed by atoms with Crippen LogP contribution in [0.5, 0.6) is 0 Å². The quantitative estimate of drug-likeness (QED) is 0.202. The normalized spacial score (nSPS) is 15.5. The van der Waals surface area contributed by atoms with Crippen molar-refractivity contribution in [2.75, 3.05) is 0 Å². The molecule has 0 saturated carbocycles. The van der Waals surface area contributed by atoms with Crippen molar-refractivity contribution in [1.82, 2.24) is 0 Å². The van der Waals surface area contributed by atoms with Gasteiger partial charge in [0.25, 0.3) is 0 Å². The SMILES string of the molecule is C=C(O)C=C(C)C=C/C=C(\C)CCC(O[Si](C)(C)C(C)(C)C)C(=C)C. The summed E-state index contributed by atoms with van der Waals surface area (Å²) in [6, 6.07) is 0. The molecule has 25 heavy (non-hydrogen) atoms. The van der Waals surface area contributed by atoms with Gasteiger partial charge < -0.3 is 9.53 Å². The Morgan fingerprint density at radius 3 is 2.16 bits per heavy atom. The molecule has 2 nitrogen and oxygen atoms in total. The second-order valence-electron chi connectivity index (χ2n) is 8.50. The zero-order valence-corrected chi connectivity index (χ0v) is 18.6. The van der Waals surface area contributed by atoms with Crippen LogP contribution in [0.25, 0.3) is 0 Å². The Kier molecular flexibility index (Phi) is 9.45. The topological polar surface area (TPSA) is 29.5 Å². The first kappa shape index (κ1) is 23.7. The Bertz CT molecular complexity index is 557. The molecule has 0 saturated heterocycles. The first-order valence-corrected chi connectivity index (χ1v) is 11.9. The molecule has 0 heterocycles. The van der Waals surface area contributed by atoms with E-state index in [1.165, 1.54) is 5.57 Å². The molecule has 0 rings (SSSR count). The summed E-state index contributed by atoms with van der Waals surface area (Å²) >= 11 is 0. The fourth-order valence-corrected chi connectivity index (χ4v) is 3.44. The first-order chi connectivity index (χ1) is 11.3. The number of aliphatic hydroxyl groups is 1. The van der Waals surface area contributed by atoms with Gasteiger partial charge in [0.15, 0.2) is 8.32 Å². The second kappa shape index (κ2) is 9.98. The predicted molar refractivity (Wildman–Crippen MR) is 115 cm³/mol. The highest BCUT2D eigenvalue weighted by Crippen LogP contribution is 2.38. The van der Waals surface area contributed by atoms with Gasteiger partial charge >= 0.3 is 0 Å². The molecule has 0 amide bonds. The van der Waals surface area contributed by atoms with E-state index in [1.54, 1.807) is 6.08 Å². The van der Waals surface area contributed by atoms with Crippen molar-refractivity contribution in [3.8, 4) is 0 Å². The molecule has 0 aliphatic heterocycles. The molecule has 1 atom stereocenters. The van der Waals surface area contributed by atoms with Crippen molar-refractivity contribution in [3.05, 3.63) is 59.9 Å². The molecule has 0 spiro atoms. The molecule has 0 aliphatic rings. The lowest BCUT2D eigenvalue weighted by atomic mass is 10.0. The number of aliphatic hydroxyl groups excluding tert-OH is 1. The van der Waals surface area contributed by atoms with Gasteiger partial charge in [-0.3, -0.25) is 0 Å². The van der Waals surface area contributed by atoms with Crippen molar-refractivity contribution in [1.29, 1.82) is 0 Å². The van der Waals surface area contributed by atoms with Crippen LogP contribution in [0.4, 0.5) is 0 Å². The lowest BCUT2D eigenvalue weighted by Crippen LogP contribution is -2.44. The third-order valence-corrected chi connectivity index (χ3v) is 9.21. The summed E-state index contributed by atoms with van der Waals surface area (Å²) in [5, 5.41) is 9.34. The average molecular weight is 363 g/mol. The second-order valence-corrected chi connectivity index (χ2v) is 13.3. The van der Waals surface area contributed by atoms with E-state index in [1.807, 2.05) is 19.1 Å². The summed E-state index contributed by atoms with van der Waals surface area (Å²) in [4.78, 5) is 0. The van der Waals surface area contributed by atoms with Crippen LogP contribution < -0.4 is 0 Å². The first-order valence-electron chi connectivity index (χ1n) is 8.99. The maximum absolute atomic E-state index is 9.14. The van der Waals surface area contributed by atoms with Gasteiger partial charge in [0.1, 0.15) is 5.76 Å². The van der Waals surface area contributed by atoms with Gasteiger partial charge in [0, 0.05) is 0 Å². The summed E-state index contributed by atoms with van der Waals surface area (Å²) in [7, 11) is -1.79. The highest BCUT2D eigenvalue weighted by atomic mass is 28.4. The third-order valence-electron chi connectivity index (χ3n) is 4.73. The lowest BCUT2D eigenvalue weighted by Gasteiger charge is -2.39. The maximum Gasteiger partial charge on any atom is 0.192 e. The van der Waals surface area contributed by atoms with Gasteiger partial charge in [0.05, 0.1) is 6.10 Å². The Morgan fingerprint density at radius 1 is 1.16 bits per heavy atom. The Labute approximate surface area is 156 Å². The summed E-state index contributed by atoms with van der Waals surface area (Å²) in [5.74, 6) is 0.0786. The van der Waals surface area contributed by atoms with Crippen molar-refractivity contribution in [2.45, 2.75) is 78.6 Å². The minimum Gasteiger partial charge on any atom is -0.509 e. The third kappa shape index (κ3) is 9.66. The fourth-order valence-electron chi connectivity index (χ4n) is 2.06. The van der Waals surface area contributed by atoms with Gasteiger partial charge in [-0.25, -0.2) is 0 Å². The number of rotatable bonds is 9. The molecule has 142 valence electrons. The van der Waals surface area contributed by atoms with Crippen LogP contribution in [0.2, 0.25) is 18.1 Å². The van der Waals surface area contributed by atoms with Crippen molar-refractivity contribution in [3.63, 3.8) is 0 Å². The fraction of sp³-hybridized carbons (Fsp3) is 0.545. The summed E-state index contributed by atoms with van der Waals surface area (Å²) < 4.78 is 6.55. The van der Waals surface area contributed by atoms with Gasteiger partial charge in [-0.2, -0.15) is 0 Å². The number of allylic oxidation sites excluding steroid dienone is 6. The maximum atomic E-state index is 9.14. The molecule has 0 fully saturated rings. The van der Waals surface area contributed by atoms with Crippen molar-refractivity contribution in [2.24, 2.45) is 0 Å². The van der Waals surface area contributed by atoms with E-state index in [9.17, 15) is 0 Å². The summed E-state index contributed by atoms with van der Waals surface area (Å²) in [5.41, 5.74) is 3.38. The van der Waals surface area contributed by atoms with Crippen LogP contribution >= 0.6 is 0 Å². The van der Waals surface area contributed by atoms with Gasteiger partial charge in [-0.1, -0.05) is 63.3 Å². The van der Waals surface area contributed by atoms with Crippen LogP contribution in [-0.2, 0) is 4.43 Å². The van der Waals surface area contributed by atoms with E-state index in [0.29, 0.717) is 0 Å². The highest BCUT2D eigenvalue weighted by Gasteiger charge is 2.39. The molecule has 1 unspecified atom stereocenters. The van der Waals surface area contributed by atoms with E-state index in [0.717, 1.165) is 24.0 Å².